The number of amides is 1. The number of carbonyl (C=O) groups is 1. The highest BCUT2D eigenvalue weighted by molar-refractivity contribution is 8.00. The van der Waals surface area contributed by atoms with Gasteiger partial charge in [0, 0.05) is 23.9 Å². The maximum Gasteiger partial charge on any atom is 0.242 e. The molecule has 0 aromatic heterocycles. The van der Waals surface area contributed by atoms with E-state index in [-0.39, 0.29) is 11.9 Å². The number of hydrogen-bond donors (Lipinski definition) is 2. The first-order chi connectivity index (χ1) is 8.83. The molecule has 1 saturated heterocycles. The first-order valence-electron chi connectivity index (χ1n) is 6.57. The number of thioether (sulfide) groups is 1. The number of fused-ring (bicyclic) bond motifs is 1. The standard InChI is InChI=1S/C14H18N2OS/c17-14(15-9-11-5-3-7-18-11)13-8-10-4-1-2-6-12(10)16-13/h1-2,4,6,11,13,16H,3,5,7-9H2,(H,15,17)/t11?,13-/m0/s1. The zero-order chi connectivity index (χ0) is 12.4. The molecule has 0 radical (unpaired) electrons. The van der Waals surface area contributed by atoms with Crippen molar-refractivity contribution in [3.05, 3.63) is 29.8 Å². The summed E-state index contributed by atoms with van der Waals surface area (Å²) in [6, 6.07) is 8.06. The third kappa shape index (κ3) is 2.48. The van der Waals surface area contributed by atoms with Crippen molar-refractivity contribution < 1.29 is 4.79 Å². The lowest BCUT2D eigenvalue weighted by molar-refractivity contribution is -0.121. The fraction of sp³-hybridized carbons (Fsp3) is 0.500. The van der Waals surface area contributed by atoms with E-state index in [4.69, 9.17) is 0 Å². The lowest BCUT2D eigenvalue weighted by atomic mass is 10.1. The van der Waals surface area contributed by atoms with Gasteiger partial charge in [-0.2, -0.15) is 11.8 Å². The summed E-state index contributed by atoms with van der Waals surface area (Å²) in [6.45, 7) is 0.817. The fourth-order valence-electron chi connectivity index (χ4n) is 2.60. The van der Waals surface area contributed by atoms with Crippen molar-refractivity contribution in [3.8, 4) is 0 Å². The van der Waals surface area contributed by atoms with Crippen LogP contribution < -0.4 is 10.6 Å². The highest BCUT2D eigenvalue weighted by Gasteiger charge is 2.26. The van der Waals surface area contributed by atoms with Crippen LogP contribution in [0.1, 0.15) is 18.4 Å². The summed E-state index contributed by atoms with van der Waals surface area (Å²) in [5.74, 6) is 1.38. The second-order valence-corrected chi connectivity index (χ2v) is 6.35. The van der Waals surface area contributed by atoms with Crippen LogP contribution in [-0.2, 0) is 11.2 Å². The maximum atomic E-state index is 12.1. The number of anilines is 1. The van der Waals surface area contributed by atoms with Crippen LogP contribution in [0.25, 0.3) is 0 Å². The van der Waals surface area contributed by atoms with E-state index in [2.05, 4.69) is 16.7 Å². The number of rotatable bonds is 3. The smallest absolute Gasteiger partial charge is 0.242 e. The van der Waals surface area contributed by atoms with Crippen LogP contribution in [0.2, 0.25) is 0 Å². The molecule has 2 aliphatic rings. The largest absolute Gasteiger partial charge is 0.373 e. The zero-order valence-electron chi connectivity index (χ0n) is 10.3. The normalized spacial score (nSPS) is 25.6. The predicted molar refractivity (Wildman–Crippen MR) is 76.0 cm³/mol. The molecule has 2 aliphatic heterocycles. The molecule has 96 valence electrons. The van der Waals surface area contributed by atoms with Crippen LogP contribution in [0.3, 0.4) is 0 Å². The molecular weight excluding hydrogens is 244 g/mol. The highest BCUT2D eigenvalue weighted by Crippen LogP contribution is 2.26. The highest BCUT2D eigenvalue weighted by atomic mass is 32.2. The van der Waals surface area contributed by atoms with Gasteiger partial charge in [0.15, 0.2) is 0 Å². The molecule has 2 atom stereocenters. The van der Waals surface area contributed by atoms with E-state index in [1.165, 1.54) is 24.2 Å². The average Bonchev–Trinajstić information content (AvgIpc) is 3.04. The van der Waals surface area contributed by atoms with Crippen LogP contribution in [0.15, 0.2) is 24.3 Å². The Kier molecular flexibility index (Phi) is 3.46. The van der Waals surface area contributed by atoms with Crippen molar-refractivity contribution in [1.29, 1.82) is 0 Å². The van der Waals surface area contributed by atoms with Crippen LogP contribution in [0, 0.1) is 0 Å². The molecule has 0 saturated carbocycles. The SMILES string of the molecule is O=C(NCC1CCCS1)[C@@H]1Cc2ccccc2N1. The van der Waals surface area contributed by atoms with E-state index in [1.54, 1.807) is 0 Å². The van der Waals surface area contributed by atoms with Crippen molar-refractivity contribution in [1.82, 2.24) is 5.32 Å². The molecule has 1 unspecified atom stereocenters. The summed E-state index contributed by atoms with van der Waals surface area (Å²) in [4.78, 5) is 12.1. The van der Waals surface area contributed by atoms with Gasteiger partial charge >= 0.3 is 0 Å². The maximum absolute atomic E-state index is 12.1. The Morgan fingerprint density at radius 1 is 1.44 bits per heavy atom. The van der Waals surface area contributed by atoms with Gasteiger partial charge < -0.3 is 10.6 Å². The number of nitrogens with one attached hydrogen (secondary N) is 2. The average molecular weight is 262 g/mol. The minimum atomic E-state index is -0.0891. The van der Waals surface area contributed by atoms with Crippen molar-refractivity contribution >= 4 is 23.4 Å². The molecule has 0 bridgehead atoms. The van der Waals surface area contributed by atoms with Crippen LogP contribution in [-0.4, -0.2) is 29.5 Å². The summed E-state index contributed by atoms with van der Waals surface area (Å²) in [5, 5.41) is 6.99. The Hall–Kier alpha value is -1.16. The van der Waals surface area contributed by atoms with E-state index in [1.807, 2.05) is 30.0 Å². The topological polar surface area (TPSA) is 41.1 Å². The van der Waals surface area contributed by atoms with Crippen molar-refractivity contribution in [2.45, 2.75) is 30.6 Å². The van der Waals surface area contributed by atoms with Gasteiger partial charge in [0.1, 0.15) is 6.04 Å². The summed E-state index contributed by atoms with van der Waals surface area (Å²) in [6.07, 6.45) is 3.33. The Balaban J connectivity index is 1.52. The van der Waals surface area contributed by atoms with Gasteiger partial charge in [0.05, 0.1) is 0 Å². The van der Waals surface area contributed by atoms with E-state index in [9.17, 15) is 4.79 Å². The third-order valence-corrected chi connectivity index (χ3v) is 5.01. The summed E-state index contributed by atoms with van der Waals surface area (Å²) >= 11 is 1.98. The van der Waals surface area contributed by atoms with E-state index in [0.29, 0.717) is 5.25 Å². The minimum Gasteiger partial charge on any atom is -0.373 e. The van der Waals surface area contributed by atoms with Crippen LogP contribution in [0.4, 0.5) is 5.69 Å². The molecule has 2 heterocycles. The van der Waals surface area contributed by atoms with E-state index in [0.717, 1.165) is 18.7 Å². The summed E-state index contributed by atoms with van der Waals surface area (Å²) in [5.41, 5.74) is 2.35. The Bertz CT molecular complexity index is 418. The number of carbonyl (C=O) groups excluding carboxylic acids is 1. The minimum absolute atomic E-state index is 0.0891. The van der Waals surface area contributed by atoms with Gasteiger partial charge in [0.2, 0.25) is 5.91 Å². The number of para-hydroxylation sites is 1. The lowest BCUT2D eigenvalue weighted by Gasteiger charge is -2.14. The van der Waals surface area contributed by atoms with Gasteiger partial charge in [-0.1, -0.05) is 18.2 Å². The van der Waals surface area contributed by atoms with Crippen LogP contribution >= 0.6 is 11.8 Å². The first-order valence-corrected chi connectivity index (χ1v) is 7.61. The Labute approximate surface area is 112 Å². The van der Waals surface area contributed by atoms with Gasteiger partial charge in [0.25, 0.3) is 0 Å². The molecule has 4 heteroatoms. The van der Waals surface area contributed by atoms with Gasteiger partial charge in [-0.25, -0.2) is 0 Å². The molecule has 1 aromatic carbocycles. The van der Waals surface area contributed by atoms with Crippen molar-refractivity contribution in [2.24, 2.45) is 0 Å². The van der Waals surface area contributed by atoms with Gasteiger partial charge in [-0.15, -0.1) is 0 Å². The molecule has 0 aliphatic carbocycles. The monoisotopic (exact) mass is 262 g/mol. The van der Waals surface area contributed by atoms with E-state index >= 15 is 0 Å². The Morgan fingerprint density at radius 2 is 2.33 bits per heavy atom. The van der Waals surface area contributed by atoms with Crippen LogP contribution in [0.5, 0.6) is 0 Å². The number of hydrogen-bond acceptors (Lipinski definition) is 3. The molecular formula is C14H18N2OS. The first kappa shape index (κ1) is 11.9. The molecule has 18 heavy (non-hydrogen) atoms. The lowest BCUT2D eigenvalue weighted by Crippen LogP contribution is -2.40. The van der Waals surface area contributed by atoms with E-state index < -0.39 is 0 Å². The molecule has 1 aromatic rings. The molecule has 3 nitrogen and oxygen atoms in total. The summed E-state index contributed by atoms with van der Waals surface area (Å²) in [7, 11) is 0. The van der Waals surface area contributed by atoms with Gasteiger partial charge in [-0.3, -0.25) is 4.79 Å². The quantitative estimate of drug-likeness (QED) is 0.876. The molecule has 1 fully saturated rings. The number of benzene rings is 1. The fourth-order valence-corrected chi connectivity index (χ4v) is 3.80. The van der Waals surface area contributed by atoms with Gasteiger partial charge in [-0.05, 0) is 30.2 Å². The zero-order valence-corrected chi connectivity index (χ0v) is 11.1. The second-order valence-electron chi connectivity index (χ2n) is 4.94. The molecule has 3 rings (SSSR count). The Morgan fingerprint density at radius 3 is 3.11 bits per heavy atom. The second kappa shape index (κ2) is 5.22. The third-order valence-electron chi connectivity index (χ3n) is 3.62. The predicted octanol–water partition coefficient (Wildman–Crippen LogP) is 2.03. The molecule has 0 spiro atoms. The molecule has 2 N–H and O–H groups in total. The van der Waals surface area contributed by atoms with Crippen molar-refractivity contribution in [2.75, 3.05) is 17.6 Å². The van der Waals surface area contributed by atoms with Crippen molar-refractivity contribution in [3.63, 3.8) is 0 Å². The summed E-state index contributed by atoms with van der Waals surface area (Å²) < 4.78 is 0. The molecule has 1 amide bonds.